The summed E-state index contributed by atoms with van der Waals surface area (Å²) < 4.78 is 1.64. The Hall–Kier alpha value is -1.15. The predicted molar refractivity (Wildman–Crippen MR) is 60.9 cm³/mol. The fraction of sp³-hybridized carbons (Fsp3) is 0.750. The summed E-state index contributed by atoms with van der Waals surface area (Å²) in [7, 11) is 0. The fourth-order valence-electron chi connectivity index (χ4n) is 1.08. The van der Waals surface area contributed by atoms with Gasteiger partial charge in [0.25, 0.3) is 0 Å². The number of hydrogen-bond donors (Lipinski definition) is 2. The molecule has 0 aliphatic heterocycles. The molecule has 90 valence electrons. The molecule has 0 bridgehead atoms. The van der Waals surface area contributed by atoms with Crippen molar-refractivity contribution in [1.29, 1.82) is 0 Å². The lowest BCUT2D eigenvalue weighted by molar-refractivity contribution is -0.120. The molecule has 8 heteroatoms. The van der Waals surface area contributed by atoms with Crippen molar-refractivity contribution >= 4 is 17.7 Å². The highest BCUT2D eigenvalue weighted by atomic mass is 32.2. The van der Waals surface area contributed by atoms with E-state index in [0.29, 0.717) is 37.0 Å². The van der Waals surface area contributed by atoms with Gasteiger partial charge in [-0.2, -0.15) is 0 Å². The number of tetrazole rings is 1. The van der Waals surface area contributed by atoms with Crippen LogP contribution in [0.5, 0.6) is 0 Å². The van der Waals surface area contributed by atoms with Crippen LogP contribution in [0.15, 0.2) is 5.16 Å². The number of thioether (sulfide) groups is 1. The molecule has 0 fully saturated rings. The van der Waals surface area contributed by atoms with Crippen LogP contribution in [0.3, 0.4) is 0 Å². The normalized spacial score (nSPS) is 10.4. The van der Waals surface area contributed by atoms with E-state index in [1.165, 1.54) is 11.8 Å². The quantitative estimate of drug-likeness (QED) is 0.612. The van der Waals surface area contributed by atoms with Crippen molar-refractivity contribution in [3.05, 3.63) is 0 Å². The number of amides is 1. The summed E-state index contributed by atoms with van der Waals surface area (Å²) in [5.41, 5.74) is 5.42. The summed E-state index contributed by atoms with van der Waals surface area (Å²) in [6.07, 6.45) is 0.466. The van der Waals surface area contributed by atoms with Crippen molar-refractivity contribution < 1.29 is 4.79 Å². The van der Waals surface area contributed by atoms with E-state index >= 15 is 0 Å². The molecule has 0 saturated heterocycles. The van der Waals surface area contributed by atoms with Crippen LogP contribution in [0.1, 0.15) is 13.3 Å². The SMILES string of the molecule is CCNC(=O)CCSc1nnnn1CCN. The molecule has 1 heterocycles. The first-order valence-corrected chi connectivity index (χ1v) is 6.12. The van der Waals surface area contributed by atoms with Crippen molar-refractivity contribution in [2.24, 2.45) is 5.73 Å². The minimum Gasteiger partial charge on any atom is -0.356 e. The number of hydrogen-bond acceptors (Lipinski definition) is 6. The third-order valence-corrected chi connectivity index (χ3v) is 2.73. The topological polar surface area (TPSA) is 98.7 Å². The summed E-state index contributed by atoms with van der Waals surface area (Å²) in [6, 6.07) is 0. The number of aromatic nitrogens is 4. The van der Waals surface area contributed by atoms with Crippen molar-refractivity contribution in [3.63, 3.8) is 0 Å². The maximum absolute atomic E-state index is 11.2. The number of nitrogens with zero attached hydrogens (tertiary/aromatic N) is 4. The first kappa shape index (κ1) is 12.9. The van der Waals surface area contributed by atoms with Gasteiger partial charge in [-0.15, -0.1) is 5.10 Å². The Morgan fingerprint density at radius 2 is 2.44 bits per heavy atom. The molecule has 0 radical (unpaired) electrons. The molecule has 0 aromatic carbocycles. The van der Waals surface area contributed by atoms with Gasteiger partial charge in [0.05, 0.1) is 6.54 Å². The van der Waals surface area contributed by atoms with Crippen LogP contribution in [-0.2, 0) is 11.3 Å². The van der Waals surface area contributed by atoms with E-state index in [4.69, 9.17) is 5.73 Å². The highest BCUT2D eigenvalue weighted by molar-refractivity contribution is 7.99. The van der Waals surface area contributed by atoms with Crippen molar-refractivity contribution in [2.45, 2.75) is 25.0 Å². The van der Waals surface area contributed by atoms with Gasteiger partial charge < -0.3 is 11.1 Å². The molecule has 1 amide bonds. The molecule has 7 nitrogen and oxygen atoms in total. The Kier molecular flexibility index (Phi) is 5.79. The van der Waals surface area contributed by atoms with Crippen LogP contribution in [0.2, 0.25) is 0 Å². The highest BCUT2D eigenvalue weighted by Gasteiger charge is 2.07. The van der Waals surface area contributed by atoms with Crippen molar-refractivity contribution in [3.8, 4) is 0 Å². The Labute approximate surface area is 98.1 Å². The summed E-state index contributed by atoms with van der Waals surface area (Å²) >= 11 is 1.46. The van der Waals surface area contributed by atoms with Gasteiger partial charge in [0.15, 0.2) is 0 Å². The molecule has 0 spiro atoms. The summed E-state index contributed by atoms with van der Waals surface area (Å²) in [6.45, 7) is 3.65. The molecule has 0 unspecified atom stereocenters. The molecule has 0 atom stereocenters. The standard InChI is InChI=1S/C8H16N6OS/c1-2-10-7(15)3-6-16-8-11-12-13-14(8)5-4-9/h2-6,9H2,1H3,(H,10,15). The number of carbonyl (C=O) groups excluding carboxylic acids is 1. The second kappa shape index (κ2) is 7.18. The first-order valence-electron chi connectivity index (χ1n) is 5.13. The lowest BCUT2D eigenvalue weighted by Crippen LogP contribution is -2.22. The Morgan fingerprint density at radius 3 is 3.12 bits per heavy atom. The van der Waals surface area contributed by atoms with Crippen LogP contribution in [0, 0.1) is 0 Å². The molecule has 1 rings (SSSR count). The zero-order valence-corrected chi connectivity index (χ0v) is 10.0. The molecular formula is C8H16N6OS. The summed E-state index contributed by atoms with van der Waals surface area (Å²) in [4.78, 5) is 11.2. The van der Waals surface area contributed by atoms with E-state index < -0.39 is 0 Å². The van der Waals surface area contributed by atoms with E-state index in [1.807, 2.05) is 6.92 Å². The van der Waals surface area contributed by atoms with Gasteiger partial charge in [0, 0.05) is 25.3 Å². The molecule has 1 aromatic rings. The van der Waals surface area contributed by atoms with Gasteiger partial charge in [-0.25, -0.2) is 4.68 Å². The van der Waals surface area contributed by atoms with Gasteiger partial charge >= 0.3 is 0 Å². The predicted octanol–water partition coefficient (Wildman–Crippen LogP) is -0.750. The zero-order valence-electron chi connectivity index (χ0n) is 9.22. The van der Waals surface area contributed by atoms with E-state index in [1.54, 1.807) is 4.68 Å². The zero-order chi connectivity index (χ0) is 11.8. The molecule has 1 aromatic heterocycles. The summed E-state index contributed by atoms with van der Waals surface area (Å²) in [5, 5.41) is 14.6. The third kappa shape index (κ3) is 4.15. The van der Waals surface area contributed by atoms with Gasteiger partial charge in [-0.3, -0.25) is 4.79 Å². The Morgan fingerprint density at radius 1 is 1.62 bits per heavy atom. The molecule has 16 heavy (non-hydrogen) atoms. The Bertz CT molecular complexity index is 328. The van der Waals surface area contributed by atoms with E-state index in [9.17, 15) is 4.79 Å². The molecule has 0 aliphatic rings. The van der Waals surface area contributed by atoms with E-state index in [0.717, 1.165) is 0 Å². The number of nitrogens with one attached hydrogen (secondary N) is 1. The number of nitrogens with two attached hydrogens (primary N) is 1. The van der Waals surface area contributed by atoms with Crippen molar-refractivity contribution in [2.75, 3.05) is 18.8 Å². The monoisotopic (exact) mass is 244 g/mol. The van der Waals surface area contributed by atoms with Crippen LogP contribution >= 0.6 is 11.8 Å². The maximum atomic E-state index is 11.2. The largest absolute Gasteiger partial charge is 0.356 e. The average Bonchev–Trinajstić information content (AvgIpc) is 2.67. The number of rotatable bonds is 7. The third-order valence-electron chi connectivity index (χ3n) is 1.77. The van der Waals surface area contributed by atoms with Crippen LogP contribution in [-0.4, -0.2) is 45.0 Å². The molecule has 3 N–H and O–H groups in total. The van der Waals surface area contributed by atoms with Gasteiger partial charge in [0.2, 0.25) is 11.1 Å². The summed E-state index contributed by atoms with van der Waals surface area (Å²) in [5.74, 6) is 0.712. The highest BCUT2D eigenvalue weighted by Crippen LogP contribution is 2.13. The van der Waals surface area contributed by atoms with Gasteiger partial charge in [-0.1, -0.05) is 11.8 Å². The molecule has 0 aliphatic carbocycles. The van der Waals surface area contributed by atoms with Gasteiger partial charge in [0.1, 0.15) is 0 Å². The number of carbonyl (C=O) groups is 1. The average molecular weight is 244 g/mol. The second-order valence-corrected chi connectivity index (χ2v) is 4.09. The van der Waals surface area contributed by atoms with Crippen LogP contribution in [0.4, 0.5) is 0 Å². The molecular weight excluding hydrogens is 228 g/mol. The van der Waals surface area contributed by atoms with Crippen LogP contribution < -0.4 is 11.1 Å². The maximum Gasteiger partial charge on any atom is 0.220 e. The minimum absolute atomic E-state index is 0.0489. The fourth-order valence-corrected chi connectivity index (χ4v) is 1.92. The van der Waals surface area contributed by atoms with E-state index in [-0.39, 0.29) is 5.91 Å². The van der Waals surface area contributed by atoms with E-state index in [2.05, 4.69) is 20.8 Å². The smallest absolute Gasteiger partial charge is 0.220 e. The van der Waals surface area contributed by atoms with Crippen molar-refractivity contribution in [1.82, 2.24) is 25.5 Å². The Balaban J connectivity index is 2.31. The lowest BCUT2D eigenvalue weighted by Gasteiger charge is -2.02. The minimum atomic E-state index is 0.0489. The second-order valence-electron chi connectivity index (χ2n) is 3.03. The molecule has 0 saturated carbocycles. The van der Waals surface area contributed by atoms with Crippen LogP contribution in [0.25, 0.3) is 0 Å². The lowest BCUT2D eigenvalue weighted by atomic mass is 10.4. The first-order chi connectivity index (χ1) is 7.77. The van der Waals surface area contributed by atoms with Gasteiger partial charge in [-0.05, 0) is 17.4 Å².